The summed E-state index contributed by atoms with van der Waals surface area (Å²) in [4.78, 5) is 13.5. The van der Waals surface area contributed by atoms with Gasteiger partial charge < -0.3 is 14.5 Å². The predicted molar refractivity (Wildman–Crippen MR) is 185 cm³/mol. The van der Waals surface area contributed by atoms with E-state index in [0.29, 0.717) is 19.0 Å². The lowest BCUT2D eigenvalue weighted by molar-refractivity contribution is 0.171. The molecule has 0 aliphatic heterocycles. The Hall–Kier alpha value is -3.70. The first-order chi connectivity index (χ1) is 21.5. The molecule has 1 aliphatic carbocycles. The van der Waals surface area contributed by atoms with E-state index in [9.17, 15) is 4.79 Å². The van der Waals surface area contributed by atoms with Gasteiger partial charge >= 0.3 is 6.03 Å². The van der Waals surface area contributed by atoms with E-state index in [1.807, 2.05) is 45.6 Å². The van der Waals surface area contributed by atoms with E-state index in [2.05, 4.69) is 101 Å². The number of rotatable bonds is 9. The Morgan fingerprint density at radius 1 is 1.02 bits per heavy atom. The summed E-state index contributed by atoms with van der Waals surface area (Å²) in [5.74, 6) is 2.57. The normalized spacial score (nSPS) is 17.3. The molecule has 0 spiro atoms. The number of benzene rings is 1. The van der Waals surface area contributed by atoms with Crippen LogP contribution in [0.1, 0.15) is 109 Å². The van der Waals surface area contributed by atoms with Gasteiger partial charge in [-0.1, -0.05) is 79.7 Å². The van der Waals surface area contributed by atoms with E-state index >= 15 is 0 Å². The number of hydrogen-bond donors (Lipinski definition) is 2. The van der Waals surface area contributed by atoms with Gasteiger partial charge in [0.1, 0.15) is 23.5 Å². The van der Waals surface area contributed by atoms with Crippen LogP contribution in [0.15, 0.2) is 48.7 Å². The standard InChI is InChI=1S/C35H51N7O3Si/c1-23(2)32-39-38-30-18-15-24(22-41(30)32)45-28-17-16-27(25-13-11-12-14-26(25)28)36-33(43)37-31-21-29(34(3,4)5)40-42(31)19-20-44-46(9,10)35(6,7)8/h11-15,18,21-23,27-28H,16-17,19-20H2,1-10H3,(H2,36,37,43)/t27-,28?/m0/s1. The van der Waals surface area contributed by atoms with Gasteiger partial charge in [0.15, 0.2) is 14.0 Å². The predicted octanol–water partition coefficient (Wildman–Crippen LogP) is 8.15. The van der Waals surface area contributed by atoms with E-state index in [1.165, 1.54) is 0 Å². The molecule has 11 heteroatoms. The lowest BCUT2D eigenvalue weighted by atomic mass is 9.85. The van der Waals surface area contributed by atoms with Crippen LogP contribution < -0.4 is 15.4 Å². The van der Waals surface area contributed by atoms with E-state index < -0.39 is 8.32 Å². The second-order valence-electron chi connectivity index (χ2n) is 15.3. The Morgan fingerprint density at radius 2 is 1.74 bits per heavy atom. The first-order valence-electron chi connectivity index (χ1n) is 16.4. The van der Waals surface area contributed by atoms with Gasteiger partial charge in [-0.3, -0.25) is 9.72 Å². The second kappa shape index (κ2) is 12.8. The summed E-state index contributed by atoms with van der Waals surface area (Å²) in [6, 6.07) is 13.7. The Labute approximate surface area is 274 Å². The maximum atomic E-state index is 13.5. The van der Waals surface area contributed by atoms with Crippen molar-refractivity contribution in [3.63, 3.8) is 0 Å². The number of fused-ring (bicyclic) bond motifs is 2. The first-order valence-corrected chi connectivity index (χ1v) is 19.3. The summed E-state index contributed by atoms with van der Waals surface area (Å²) in [6.07, 6.45) is 3.34. The molecule has 5 rings (SSSR count). The minimum atomic E-state index is -1.91. The molecule has 248 valence electrons. The number of pyridine rings is 1. The number of anilines is 1. The third-order valence-electron chi connectivity index (χ3n) is 9.30. The van der Waals surface area contributed by atoms with Crippen LogP contribution in [-0.4, -0.2) is 45.3 Å². The molecule has 3 heterocycles. The number of amides is 2. The van der Waals surface area contributed by atoms with Gasteiger partial charge in [0, 0.05) is 17.4 Å². The number of nitrogens with zero attached hydrogens (tertiary/aromatic N) is 5. The average Bonchev–Trinajstić information content (AvgIpc) is 3.58. The second-order valence-corrected chi connectivity index (χ2v) is 20.1. The van der Waals surface area contributed by atoms with Gasteiger partial charge in [-0.05, 0) is 54.2 Å². The molecule has 0 bridgehead atoms. The van der Waals surface area contributed by atoms with Crippen LogP contribution >= 0.6 is 0 Å². The highest BCUT2D eigenvalue weighted by atomic mass is 28.4. The van der Waals surface area contributed by atoms with E-state index in [0.717, 1.165) is 46.9 Å². The summed E-state index contributed by atoms with van der Waals surface area (Å²) in [5.41, 5.74) is 3.70. The third kappa shape index (κ3) is 7.30. The molecular weight excluding hydrogens is 595 g/mol. The molecule has 2 N–H and O–H groups in total. The number of urea groups is 1. The Kier molecular flexibility index (Phi) is 9.39. The Morgan fingerprint density at radius 3 is 2.41 bits per heavy atom. The highest BCUT2D eigenvalue weighted by Gasteiger charge is 2.37. The number of aromatic nitrogens is 5. The average molecular weight is 646 g/mol. The van der Waals surface area contributed by atoms with E-state index in [-0.39, 0.29) is 34.5 Å². The summed E-state index contributed by atoms with van der Waals surface area (Å²) in [5, 5.41) is 19.9. The van der Waals surface area contributed by atoms with Crippen LogP contribution in [-0.2, 0) is 16.4 Å². The number of carbonyl (C=O) groups excluding carboxylic acids is 1. The van der Waals surface area contributed by atoms with Crippen LogP contribution in [0.3, 0.4) is 0 Å². The summed E-state index contributed by atoms with van der Waals surface area (Å²) in [6.45, 7) is 22.9. The van der Waals surface area contributed by atoms with Crippen LogP contribution in [0, 0.1) is 0 Å². The molecule has 0 radical (unpaired) electrons. The molecule has 0 fully saturated rings. The van der Waals surface area contributed by atoms with Gasteiger partial charge in [-0.15, -0.1) is 10.2 Å². The molecule has 46 heavy (non-hydrogen) atoms. The molecule has 4 aromatic rings. The number of ether oxygens (including phenoxy) is 1. The van der Waals surface area contributed by atoms with E-state index in [4.69, 9.17) is 14.3 Å². The molecule has 2 amide bonds. The van der Waals surface area contributed by atoms with Gasteiger partial charge in [0.25, 0.3) is 0 Å². The fraction of sp³-hybridized carbons (Fsp3) is 0.543. The fourth-order valence-corrected chi connectivity index (χ4v) is 6.54. The topological polar surface area (TPSA) is 108 Å². The van der Waals surface area contributed by atoms with E-state index in [1.54, 1.807) is 0 Å². The maximum Gasteiger partial charge on any atom is 0.320 e. The Balaban J connectivity index is 1.29. The van der Waals surface area contributed by atoms with Crippen molar-refractivity contribution in [3.05, 3.63) is 71.3 Å². The van der Waals surface area contributed by atoms with Crippen molar-refractivity contribution < 1.29 is 14.0 Å². The third-order valence-corrected chi connectivity index (χ3v) is 13.8. The van der Waals surface area contributed by atoms with Gasteiger partial charge in [-0.2, -0.15) is 5.10 Å². The molecule has 1 aliphatic rings. The summed E-state index contributed by atoms with van der Waals surface area (Å²) in [7, 11) is -1.91. The van der Waals surface area contributed by atoms with Gasteiger partial charge in [-0.25, -0.2) is 9.48 Å². The Bertz CT molecular complexity index is 1680. The molecule has 1 unspecified atom stereocenters. The molecule has 2 atom stereocenters. The molecule has 0 saturated heterocycles. The smallest absolute Gasteiger partial charge is 0.320 e. The lowest BCUT2D eigenvalue weighted by Crippen LogP contribution is -2.41. The summed E-state index contributed by atoms with van der Waals surface area (Å²) < 4.78 is 16.8. The number of hydrogen-bond acceptors (Lipinski definition) is 6. The zero-order valence-electron chi connectivity index (χ0n) is 29.1. The molecular formula is C35H51N7O3Si. The highest BCUT2D eigenvalue weighted by Crippen LogP contribution is 2.39. The van der Waals surface area contributed by atoms with Crippen LogP contribution in [0.2, 0.25) is 18.1 Å². The van der Waals surface area contributed by atoms with Crippen LogP contribution in [0.4, 0.5) is 10.6 Å². The monoisotopic (exact) mass is 645 g/mol. The quantitative estimate of drug-likeness (QED) is 0.178. The van der Waals surface area contributed by atoms with Gasteiger partial charge in [0.2, 0.25) is 0 Å². The fourth-order valence-electron chi connectivity index (χ4n) is 5.51. The lowest BCUT2D eigenvalue weighted by Gasteiger charge is -2.36. The maximum absolute atomic E-state index is 13.5. The zero-order chi connectivity index (χ0) is 33.4. The van der Waals surface area contributed by atoms with Crippen molar-refractivity contribution in [2.24, 2.45) is 0 Å². The summed E-state index contributed by atoms with van der Waals surface area (Å²) >= 11 is 0. The number of carbonyl (C=O) groups is 1. The van der Waals surface area contributed by atoms with Crippen molar-refractivity contribution in [2.75, 3.05) is 11.9 Å². The minimum Gasteiger partial charge on any atom is -0.484 e. The van der Waals surface area contributed by atoms with Crippen molar-refractivity contribution in [3.8, 4) is 5.75 Å². The number of nitrogens with one attached hydrogen (secondary N) is 2. The molecule has 1 aromatic carbocycles. The minimum absolute atomic E-state index is 0.122. The molecule has 3 aromatic heterocycles. The van der Waals surface area contributed by atoms with Crippen LogP contribution in [0.5, 0.6) is 5.75 Å². The van der Waals surface area contributed by atoms with Crippen molar-refractivity contribution in [1.82, 2.24) is 29.7 Å². The first kappa shape index (κ1) is 33.7. The largest absolute Gasteiger partial charge is 0.484 e. The molecule has 10 nitrogen and oxygen atoms in total. The molecule has 0 saturated carbocycles. The zero-order valence-corrected chi connectivity index (χ0v) is 30.1. The van der Waals surface area contributed by atoms with Crippen molar-refractivity contribution in [2.45, 2.75) is 116 Å². The van der Waals surface area contributed by atoms with Crippen molar-refractivity contribution >= 4 is 25.8 Å². The van der Waals surface area contributed by atoms with Gasteiger partial charge in [0.05, 0.1) is 31.1 Å². The SMILES string of the molecule is CC(C)c1nnc2ccc(OC3CC[C@H](NC(=O)Nc4cc(C(C)(C)C)nn4CCO[Si](C)(C)C(C)(C)C)c4ccccc43)cn12. The highest BCUT2D eigenvalue weighted by molar-refractivity contribution is 6.74. The van der Waals surface area contributed by atoms with Crippen LogP contribution in [0.25, 0.3) is 5.65 Å². The van der Waals surface area contributed by atoms with Crippen molar-refractivity contribution in [1.29, 1.82) is 0 Å².